The molecule has 1 saturated carbocycles. The molecule has 1 amide bonds. The lowest BCUT2D eigenvalue weighted by Crippen LogP contribution is -2.28. The van der Waals surface area contributed by atoms with Crippen LogP contribution in [0, 0.1) is 0 Å². The van der Waals surface area contributed by atoms with Gasteiger partial charge >= 0.3 is 0 Å². The smallest absolute Gasteiger partial charge is 0.251 e. The summed E-state index contributed by atoms with van der Waals surface area (Å²) in [6.07, 6.45) is 5.15. The summed E-state index contributed by atoms with van der Waals surface area (Å²) in [5.74, 6) is -0.172. The minimum atomic E-state index is -0.172. The molecule has 5 N–H and O–H groups in total. The lowest BCUT2D eigenvalue weighted by atomic mass is 10.1. The molecule has 2 rings (SSSR count). The molecule has 1 aromatic carbocycles. The monoisotopic (exact) mass is 263 g/mol. The van der Waals surface area contributed by atoms with E-state index in [1.165, 1.54) is 12.8 Å². The number of hydrogen-bond donors (Lipinski definition) is 3. The van der Waals surface area contributed by atoms with E-state index < -0.39 is 0 Å². The van der Waals surface area contributed by atoms with Gasteiger partial charge < -0.3 is 21.5 Å². The van der Waals surface area contributed by atoms with E-state index in [1.54, 1.807) is 18.2 Å². The number of nitrogen functional groups attached to an aromatic ring is 2. The Kier molecular flexibility index (Phi) is 4.63. The zero-order valence-electron chi connectivity index (χ0n) is 11.0. The van der Waals surface area contributed by atoms with Crippen molar-refractivity contribution in [1.82, 2.24) is 5.32 Å². The van der Waals surface area contributed by atoms with E-state index >= 15 is 0 Å². The third-order valence-electron chi connectivity index (χ3n) is 3.28. The summed E-state index contributed by atoms with van der Waals surface area (Å²) >= 11 is 0. The molecule has 104 valence electrons. The Bertz CT molecular complexity index is 422. The number of nitrogens with two attached hydrogens (primary N) is 2. The minimum absolute atomic E-state index is 0.172. The van der Waals surface area contributed by atoms with Crippen LogP contribution in [-0.2, 0) is 4.74 Å². The number of carbonyl (C=O) groups excluding carboxylic acids is 1. The quantitative estimate of drug-likeness (QED) is 0.555. The number of benzene rings is 1. The van der Waals surface area contributed by atoms with E-state index in [0.29, 0.717) is 36.2 Å². The Balaban J connectivity index is 1.74. The summed E-state index contributed by atoms with van der Waals surface area (Å²) in [6.45, 7) is 1.05. The maximum atomic E-state index is 11.9. The predicted molar refractivity (Wildman–Crippen MR) is 75.8 cm³/mol. The summed E-state index contributed by atoms with van der Waals surface area (Å²) < 4.78 is 5.67. The second-order valence-corrected chi connectivity index (χ2v) is 4.92. The van der Waals surface area contributed by atoms with Gasteiger partial charge in [-0.2, -0.15) is 0 Å². The van der Waals surface area contributed by atoms with Crippen molar-refractivity contribution in [2.75, 3.05) is 24.6 Å². The highest BCUT2D eigenvalue weighted by Crippen LogP contribution is 2.20. The zero-order chi connectivity index (χ0) is 13.7. The van der Waals surface area contributed by atoms with Crippen LogP contribution in [0.15, 0.2) is 18.2 Å². The number of anilines is 2. The number of amides is 1. The van der Waals surface area contributed by atoms with Gasteiger partial charge in [-0.15, -0.1) is 0 Å². The van der Waals surface area contributed by atoms with Gasteiger partial charge in [-0.1, -0.05) is 12.8 Å². The van der Waals surface area contributed by atoms with Crippen LogP contribution < -0.4 is 16.8 Å². The Labute approximate surface area is 113 Å². The van der Waals surface area contributed by atoms with Gasteiger partial charge in [0.15, 0.2) is 0 Å². The van der Waals surface area contributed by atoms with E-state index in [4.69, 9.17) is 16.2 Å². The van der Waals surface area contributed by atoms with Crippen molar-refractivity contribution in [3.63, 3.8) is 0 Å². The molecule has 0 unspecified atom stereocenters. The van der Waals surface area contributed by atoms with Gasteiger partial charge in [0.25, 0.3) is 5.91 Å². The van der Waals surface area contributed by atoms with Crippen LogP contribution in [0.4, 0.5) is 11.4 Å². The van der Waals surface area contributed by atoms with Crippen molar-refractivity contribution < 1.29 is 9.53 Å². The van der Waals surface area contributed by atoms with E-state index in [-0.39, 0.29) is 5.91 Å². The van der Waals surface area contributed by atoms with Crippen LogP contribution >= 0.6 is 0 Å². The van der Waals surface area contributed by atoms with Crippen molar-refractivity contribution in [3.05, 3.63) is 23.8 Å². The molecule has 0 atom stereocenters. The second-order valence-electron chi connectivity index (χ2n) is 4.92. The molecule has 0 radical (unpaired) electrons. The number of nitrogens with one attached hydrogen (secondary N) is 1. The highest BCUT2D eigenvalue weighted by atomic mass is 16.5. The van der Waals surface area contributed by atoms with E-state index in [1.807, 2.05) is 0 Å². The molecule has 0 heterocycles. The average molecular weight is 263 g/mol. The molecule has 0 spiro atoms. The van der Waals surface area contributed by atoms with Gasteiger partial charge in [-0.05, 0) is 31.0 Å². The van der Waals surface area contributed by atoms with Crippen LogP contribution in [-0.4, -0.2) is 25.2 Å². The van der Waals surface area contributed by atoms with Crippen molar-refractivity contribution in [2.45, 2.75) is 31.8 Å². The summed E-state index contributed by atoms with van der Waals surface area (Å²) in [7, 11) is 0. The van der Waals surface area contributed by atoms with Gasteiger partial charge in [-0.3, -0.25) is 4.79 Å². The molecule has 1 fully saturated rings. The third-order valence-corrected chi connectivity index (χ3v) is 3.28. The number of rotatable bonds is 5. The first kappa shape index (κ1) is 13.7. The van der Waals surface area contributed by atoms with Gasteiger partial charge in [0.2, 0.25) is 0 Å². The Morgan fingerprint density at radius 1 is 1.21 bits per heavy atom. The number of hydrogen-bond acceptors (Lipinski definition) is 4. The van der Waals surface area contributed by atoms with Crippen LogP contribution in [0.2, 0.25) is 0 Å². The highest BCUT2D eigenvalue weighted by Gasteiger charge is 2.15. The maximum absolute atomic E-state index is 11.9. The first-order valence-electron chi connectivity index (χ1n) is 6.71. The maximum Gasteiger partial charge on any atom is 0.251 e. The molecule has 0 aliphatic heterocycles. The Hall–Kier alpha value is -1.75. The Morgan fingerprint density at radius 3 is 2.47 bits per heavy atom. The van der Waals surface area contributed by atoms with E-state index in [0.717, 1.165) is 12.8 Å². The lowest BCUT2D eigenvalue weighted by Gasteiger charge is -2.11. The summed E-state index contributed by atoms with van der Waals surface area (Å²) in [5, 5.41) is 2.80. The largest absolute Gasteiger partial charge is 0.399 e. The molecular formula is C14H21N3O2. The van der Waals surface area contributed by atoms with Crippen LogP contribution in [0.1, 0.15) is 36.0 Å². The SMILES string of the molecule is Nc1cc(N)cc(C(=O)NCCOC2CCCC2)c1. The van der Waals surface area contributed by atoms with Gasteiger partial charge in [0.05, 0.1) is 12.7 Å². The lowest BCUT2D eigenvalue weighted by molar-refractivity contribution is 0.0582. The standard InChI is InChI=1S/C14H21N3O2/c15-11-7-10(8-12(16)9-11)14(18)17-5-6-19-13-3-1-2-4-13/h7-9,13H,1-6,15-16H2,(H,17,18). The summed E-state index contributed by atoms with van der Waals surface area (Å²) in [4.78, 5) is 11.9. The predicted octanol–water partition coefficient (Wildman–Crippen LogP) is 1.54. The first-order valence-corrected chi connectivity index (χ1v) is 6.71. The average Bonchev–Trinajstić information content (AvgIpc) is 2.86. The second kappa shape index (κ2) is 6.43. The fourth-order valence-electron chi connectivity index (χ4n) is 2.35. The van der Waals surface area contributed by atoms with Crippen molar-refractivity contribution in [3.8, 4) is 0 Å². The fraction of sp³-hybridized carbons (Fsp3) is 0.500. The third kappa shape index (κ3) is 4.13. The molecule has 1 aliphatic rings. The topological polar surface area (TPSA) is 90.4 Å². The number of carbonyl (C=O) groups is 1. The van der Waals surface area contributed by atoms with E-state index in [2.05, 4.69) is 5.32 Å². The van der Waals surface area contributed by atoms with Crippen molar-refractivity contribution in [2.24, 2.45) is 0 Å². The number of ether oxygens (including phenoxy) is 1. The molecule has 19 heavy (non-hydrogen) atoms. The van der Waals surface area contributed by atoms with Crippen molar-refractivity contribution >= 4 is 17.3 Å². The molecular weight excluding hydrogens is 242 g/mol. The molecule has 0 aromatic heterocycles. The zero-order valence-corrected chi connectivity index (χ0v) is 11.0. The Morgan fingerprint density at radius 2 is 1.84 bits per heavy atom. The van der Waals surface area contributed by atoms with Crippen LogP contribution in [0.5, 0.6) is 0 Å². The molecule has 1 aliphatic carbocycles. The first-order chi connectivity index (χ1) is 9.15. The normalized spacial score (nSPS) is 15.6. The van der Waals surface area contributed by atoms with Gasteiger partial charge in [0.1, 0.15) is 0 Å². The van der Waals surface area contributed by atoms with Crippen LogP contribution in [0.3, 0.4) is 0 Å². The van der Waals surface area contributed by atoms with E-state index in [9.17, 15) is 4.79 Å². The molecule has 5 heteroatoms. The summed E-state index contributed by atoms with van der Waals surface area (Å²) in [6, 6.07) is 4.85. The summed E-state index contributed by atoms with van der Waals surface area (Å²) in [5.41, 5.74) is 12.8. The molecule has 0 bridgehead atoms. The van der Waals surface area contributed by atoms with Crippen LogP contribution in [0.25, 0.3) is 0 Å². The molecule has 0 saturated heterocycles. The van der Waals surface area contributed by atoms with Crippen molar-refractivity contribution in [1.29, 1.82) is 0 Å². The van der Waals surface area contributed by atoms with Gasteiger partial charge in [0, 0.05) is 23.5 Å². The minimum Gasteiger partial charge on any atom is -0.399 e. The molecule has 1 aromatic rings. The highest BCUT2D eigenvalue weighted by molar-refractivity contribution is 5.96. The fourth-order valence-corrected chi connectivity index (χ4v) is 2.35. The van der Waals surface area contributed by atoms with Gasteiger partial charge in [-0.25, -0.2) is 0 Å². The molecule has 5 nitrogen and oxygen atoms in total.